The number of rotatable bonds is 2. The molecule has 0 aliphatic heterocycles. The van der Waals surface area contributed by atoms with Crippen LogP contribution in [0.25, 0.3) is 0 Å². The predicted octanol–water partition coefficient (Wildman–Crippen LogP) is 3.08. The van der Waals surface area contributed by atoms with E-state index < -0.39 is 0 Å². The molecule has 0 aromatic carbocycles. The van der Waals surface area contributed by atoms with Crippen LogP contribution in [-0.2, 0) is 0 Å². The molecule has 0 heterocycles. The van der Waals surface area contributed by atoms with Crippen LogP contribution in [0.15, 0.2) is 0 Å². The molecule has 3 fully saturated rings. The fraction of sp³-hybridized carbons (Fsp3) is 1.00. The molecule has 4 unspecified atom stereocenters. The molecule has 0 aromatic rings. The maximum atomic E-state index is 2.45. The SMILES string of the molecule is CCC1C2CC12C1CC1(C)C. The molecule has 0 saturated heterocycles. The second kappa shape index (κ2) is 1.41. The van der Waals surface area contributed by atoms with E-state index in [1.54, 1.807) is 6.42 Å². The average Bonchev–Trinajstić information content (AvgIpc) is 2.67. The Morgan fingerprint density at radius 2 is 1.91 bits per heavy atom. The van der Waals surface area contributed by atoms with E-state index in [2.05, 4.69) is 20.8 Å². The molecule has 3 aliphatic rings. The summed E-state index contributed by atoms with van der Waals surface area (Å²) in [6, 6.07) is 0. The Hall–Kier alpha value is 0. The van der Waals surface area contributed by atoms with Gasteiger partial charge in [-0.2, -0.15) is 0 Å². The lowest BCUT2D eigenvalue weighted by Gasteiger charge is -2.10. The minimum atomic E-state index is 0.735. The van der Waals surface area contributed by atoms with Gasteiger partial charge in [0.2, 0.25) is 0 Å². The topological polar surface area (TPSA) is 0 Å². The third-order valence-corrected chi connectivity index (χ3v) is 4.77. The highest BCUT2D eigenvalue weighted by atomic mass is 14.9. The van der Waals surface area contributed by atoms with Crippen LogP contribution >= 0.6 is 0 Å². The standard InChI is InChI=1S/C11H18/c1-4-7-8-5-11(7,8)9-6-10(9,2)3/h7-9H,4-6H2,1-3H3. The van der Waals surface area contributed by atoms with Crippen molar-refractivity contribution in [2.24, 2.45) is 28.6 Å². The Morgan fingerprint density at radius 3 is 2.18 bits per heavy atom. The fourth-order valence-electron chi connectivity index (χ4n) is 3.79. The largest absolute Gasteiger partial charge is 0.0651 e. The maximum absolute atomic E-state index is 2.45. The van der Waals surface area contributed by atoms with E-state index in [1.165, 1.54) is 18.8 Å². The third-order valence-electron chi connectivity index (χ3n) is 4.77. The van der Waals surface area contributed by atoms with Crippen molar-refractivity contribution < 1.29 is 0 Å². The second-order valence-electron chi connectivity index (χ2n) is 5.68. The molecule has 3 rings (SSSR count). The minimum Gasteiger partial charge on any atom is -0.0651 e. The summed E-state index contributed by atoms with van der Waals surface area (Å²) >= 11 is 0. The summed E-state index contributed by atoms with van der Waals surface area (Å²) in [6.07, 6.45) is 4.58. The van der Waals surface area contributed by atoms with Crippen molar-refractivity contribution in [2.45, 2.75) is 40.0 Å². The molecule has 3 saturated carbocycles. The van der Waals surface area contributed by atoms with E-state index in [-0.39, 0.29) is 0 Å². The van der Waals surface area contributed by atoms with Crippen molar-refractivity contribution in [3.8, 4) is 0 Å². The van der Waals surface area contributed by atoms with Crippen molar-refractivity contribution in [1.82, 2.24) is 0 Å². The Morgan fingerprint density at radius 1 is 1.27 bits per heavy atom. The maximum Gasteiger partial charge on any atom is -0.0199 e. The van der Waals surface area contributed by atoms with Crippen molar-refractivity contribution in [3.05, 3.63) is 0 Å². The highest BCUT2D eigenvalue weighted by molar-refractivity contribution is 5.32. The van der Waals surface area contributed by atoms with E-state index in [0.29, 0.717) is 0 Å². The van der Waals surface area contributed by atoms with E-state index >= 15 is 0 Å². The summed E-state index contributed by atoms with van der Waals surface area (Å²) in [4.78, 5) is 0. The number of fused-ring (bicyclic) bond motifs is 1. The predicted molar refractivity (Wildman–Crippen MR) is 46.2 cm³/mol. The Balaban J connectivity index is 1.75. The lowest BCUT2D eigenvalue weighted by Crippen LogP contribution is -2.04. The van der Waals surface area contributed by atoms with Crippen LogP contribution in [0.2, 0.25) is 0 Å². The van der Waals surface area contributed by atoms with Gasteiger partial charge in [0.15, 0.2) is 0 Å². The molecule has 62 valence electrons. The molecule has 3 aliphatic carbocycles. The zero-order chi connectivity index (χ0) is 7.85. The molecule has 0 spiro atoms. The summed E-state index contributed by atoms with van der Waals surface area (Å²) in [5.41, 5.74) is 1.66. The van der Waals surface area contributed by atoms with Crippen LogP contribution in [0, 0.1) is 28.6 Å². The van der Waals surface area contributed by atoms with Gasteiger partial charge >= 0.3 is 0 Å². The first-order chi connectivity index (χ1) is 5.13. The quantitative estimate of drug-likeness (QED) is 0.567. The summed E-state index contributed by atoms with van der Waals surface area (Å²) < 4.78 is 0. The van der Waals surface area contributed by atoms with Crippen LogP contribution in [-0.4, -0.2) is 0 Å². The smallest absolute Gasteiger partial charge is 0.0199 e. The van der Waals surface area contributed by atoms with Crippen molar-refractivity contribution in [1.29, 1.82) is 0 Å². The number of hydrogen-bond donors (Lipinski definition) is 0. The first-order valence-electron chi connectivity index (χ1n) is 5.13. The lowest BCUT2D eigenvalue weighted by atomic mass is 9.94. The molecular weight excluding hydrogens is 132 g/mol. The van der Waals surface area contributed by atoms with Gasteiger partial charge in [0.1, 0.15) is 0 Å². The third kappa shape index (κ3) is 0.554. The van der Waals surface area contributed by atoms with Gasteiger partial charge in [-0.05, 0) is 41.4 Å². The molecule has 0 nitrogen and oxygen atoms in total. The van der Waals surface area contributed by atoms with Crippen molar-refractivity contribution in [3.63, 3.8) is 0 Å². The Labute approximate surface area is 69.4 Å². The molecule has 0 amide bonds. The molecule has 0 radical (unpaired) electrons. The highest BCUT2D eigenvalue weighted by Gasteiger charge is 2.84. The van der Waals surface area contributed by atoms with Gasteiger partial charge in [-0.3, -0.25) is 0 Å². The normalized spacial score (nSPS) is 61.9. The zero-order valence-electron chi connectivity index (χ0n) is 7.85. The van der Waals surface area contributed by atoms with Gasteiger partial charge < -0.3 is 0 Å². The van der Waals surface area contributed by atoms with Crippen LogP contribution in [0.3, 0.4) is 0 Å². The fourth-order valence-corrected chi connectivity index (χ4v) is 3.79. The molecule has 4 atom stereocenters. The monoisotopic (exact) mass is 150 g/mol. The first kappa shape index (κ1) is 6.51. The van der Waals surface area contributed by atoms with E-state index in [4.69, 9.17) is 0 Å². The van der Waals surface area contributed by atoms with Gasteiger partial charge in [-0.1, -0.05) is 27.2 Å². The zero-order valence-corrected chi connectivity index (χ0v) is 7.85. The molecule has 0 heteroatoms. The average molecular weight is 150 g/mol. The summed E-state index contributed by atoms with van der Waals surface area (Å²) in [7, 11) is 0. The van der Waals surface area contributed by atoms with Crippen molar-refractivity contribution >= 4 is 0 Å². The summed E-state index contributed by atoms with van der Waals surface area (Å²) in [5, 5.41) is 0. The molecule has 11 heavy (non-hydrogen) atoms. The van der Waals surface area contributed by atoms with Crippen molar-refractivity contribution in [2.75, 3.05) is 0 Å². The number of hydrogen-bond acceptors (Lipinski definition) is 0. The summed E-state index contributed by atoms with van der Waals surface area (Å²) in [5.74, 6) is 3.48. The van der Waals surface area contributed by atoms with Gasteiger partial charge in [-0.15, -0.1) is 0 Å². The molecule has 0 bridgehead atoms. The van der Waals surface area contributed by atoms with E-state index in [1.807, 2.05) is 0 Å². The van der Waals surface area contributed by atoms with E-state index in [9.17, 15) is 0 Å². The van der Waals surface area contributed by atoms with Crippen LogP contribution in [0.5, 0.6) is 0 Å². The van der Waals surface area contributed by atoms with Crippen LogP contribution in [0.4, 0.5) is 0 Å². The van der Waals surface area contributed by atoms with Gasteiger partial charge in [0, 0.05) is 0 Å². The molecule has 0 aromatic heterocycles. The first-order valence-corrected chi connectivity index (χ1v) is 5.13. The second-order valence-corrected chi connectivity index (χ2v) is 5.68. The Kier molecular flexibility index (Phi) is 0.832. The van der Waals surface area contributed by atoms with E-state index in [0.717, 1.165) is 22.7 Å². The van der Waals surface area contributed by atoms with Gasteiger partial charge in [0.25, 0.3) is 0 Å². The molecular formula is C11H18. The van der Waals surface area contributed by atoms with Crippen LogP contribution < -0.4 is 0 Å². The molecule has 0 N–H and O–H groups in total. The summed E-state index contributed by atoms with van der Waals surface area (Å²) in [6.45, 7) is 7.27. The van der Waals surface area contributed by atoms with Crippen LogP contribution in [0.1, 0.15) is 40.0 Å². The minimum absolute atomic E-state index is 0.735. The lowest BCUT2D eigenvalue weighted by molar-refractivity contribution is 0.378. The highest BCUT2D eigenvalue weighted by Crippen LogP contribution is 2.90. The van der Waals surface area contributed by atoms with Gasteiger partial charge in [-0.25, -0.2) is 0 Å². The van der Waals surface area contributed by atoms with Gasteiger partial charge in [0.05, 0.1) is 0 Å². The Bertz CT molecular complexity index is 216.